The molecule has 0 unspecified atom stereocenters. The van der Waals surface area contributed by atoms with Crippen LogP contribution in [0.15, 0.2) is 0 Å². The highest BCUT2D eigenvalue weighted by atomic mass is 32.2. The lowest BCUT2D eigenvalue weighted by Gasteiger charge is -2.18. The van der Waals surface area contributed by atoms with E-state index in [9.17, 15) is 4.79 Å². The zero-order valence-electron chi connectivity index (χ0n) is 8.10. The Hall–Kier alpha value is 0.0900. The molecule has 14 heavy (non-hydrogen) atoms. The van der Waals surface area contributed by atoms with Gasteiger partial charge in [0.25, 0.3) is 0 Å². The van der Waals surface area contributed by atoms with Crippen LogP contribution in [0.3, 0.4) is 0 Å². The first-order chi connectivity index (χ1) is 6.54. The van der Waals surface area contributed by atoms with Crippen molar-refractivity contribution >= 4 is 31.2 Å². The molecule has 0 heterocycles. The maximum Gasteiger partial charge on any atom is 0.332 e. The van der Waals surface area contributed by atoms with Gasteiger partial charge in [0, 0.05) is 0 Å². The third-order valence-electron chi connectivity index (χ3n) is 1.52. The smallest absolute Gasteiger partial charge is 0.332 e. The van der Waals surface area contributed by atoms with Crippen molar-refractivity contribution in [3.63, 3.8) is 0 Å². The predicted molar refractivity (Wildman–Crippen MR) is 59.9 cm³/mol. The Morgan fingerprint density at radius 1 is 1.36 bits per heavy atom. The summed E-state index contributed by atoms with van der Waals surface area (Å²) >= 11 is 8.07. The molecule has 0 saturated carbocycles. The van der Waals surface area contributed by atoms with Gasteiger partial charge in [0.1, 0.15) is 6.61 Å². The summed E-state index contributed by atoms with van der Waals surface area (Å²) in [6.45, 7) is 2.43. The fraction of sp³-hybridized carbons (Fsp3) is 0.875. The number of rotatable bonds is 7. The average Bonchev–Trinajstić information content (AvgIpc) is 2.17. The highest BCUT2D eigenvalue weighted by molar-refractivity contribution is 8.01. The van der Waals surface area contributed by atoms with Gasteiger partial charge in [-0.15, -0.1) is 0 Å². The van der Waals surface area contributed by atoms with Crippen molar-refractivity contribution in [1.82, 2.24) is 0 Å². The molecule has 4 nitrogen and oxygen atoms in total. The molecule has 6 heteroatoms. The van der Waals surface area contributed by atoms with Gasteiger partial charge in [-0.2, -0.15) is 25.3 Å². The number of hydrogen-bond acceptors (Lipinski definition) is 6. The van der Waals surface area contributed by atoms with E-state index in [1.165, 1.54) is 0 Å². The summed E-state index contributed by atoms with van der Waals surface area (Å²) in [5.74, 6) is -0.473. The number of hydrogen-bond donors (Lipinski definition) is 3. The average molecular weight is 240 g/mol. The molecule has 0 atom stereocenters. The molecule has 0 aromatic carbocycles. The Bertz CT molecular complexity index is 173. The van der Waals surface area contributed by atoms with Crippen LogP contribution in [-0.4, -0.2) is 41.6 Å². The van der Waals surface area contributed by atoms with Crippen LogP contribution in [0.1, 0.15) is 13.3 Å². The van der Waals surface area contributed by atoms with Crippen molar-refractivity contribution in [3.8, 4) is 0 Å². The van der Waals surface area contributed by atoms with Gasteiger partial charge in [0.15, 0.2) is 4.08 Å². The van der Waals surface area contributed by atoms with E-state index in [0.717, 1.165) is 0 Å². The predicted octanol–water partition coefficient (Wildman–Crippen LogP) is 0.504. The summed E-state index contributed by atoms with van der Waals surface area (Å²) < 4.78 is 8.72. The first kappa shape index (κ1) is 14.1. The standard InChI is InChI=1S/C8H16O4S2/c1-2-8(13,14)7(10)12-6-5-11-4-3-9/h9,13-14H,2-6H2,1H3. The van der Waals surface area contributed by atoms with E-state index in [-0.39, 0.29) is 26.4 Å². The minimum absolute atomic E-state index is 0.0357. The van der Waals surface area contributed by atoms with Crippen LogP contribution in [0.25, 0.3) is 0 Å². The van der Waals surface area contributed by atoms with Crippen LogP contribution < -0.4 is 0 Å². The van der Waals surface area contributed by atoms with Gasteiger partial charge in [0.05, 0.1) is 19.8 Å². The van der Waals surface area contributed by atoms with Crippen molar-refractivity contribution in [2.45, 2.75) is 17.4 Å². The molecule has 0 radical (unpaired) electrons. The molecule has 84 valence electrons. The van der Waals surface area contributed by atoms with Crippen molar-refractivity contribution in [2.75, 3.05) is 26.4 Å². The summed E-state index contributed by atoms with van der Waals surface area (Å²) in [7, 11) is 0. The first-order valence-corrected chi connectivity index (χ1v) is 5.24. The number of thiol groups is 2. The Labute approximate surface area is 94.8 Å². The van der Waals surface area contributed by atoms with Crippen molar-refractivity contribution in [1.29, 1.82) is 0 Å². The number of aliphatic hydroxyl groups is 1. The molecule has 0 aromatic rings. The highest BCUT2D eigenvalue weighted by Gasteiger charge is 2.29. The quantitative estimate of drug-likeness (QED) is 0.263. The zero-order valence-corrected chi connectivity index (χ0v) is 9.89. The van der Waals surface area contributed by atoms with E-state index in [4.69, 9.17) is 14.6 Å². The molecule has 0 fully saturated rings. The fourth-order valence-corrected chi connectivity index (χ4v) is 0.749. The molecular formula is C8H16O4S2. The van der Waals surface area contributed by atoms with Gasteiger partial charge in [-0.1, -0.05) is 6.92 Å². The topological polar surface area (TPSA) is 55.8 Å². The molecule has 0 rings (SSSR count). The molecule has 0 spiro atoms. The minimum atomic E-state index is -1.03. The van der Waals surface area contributed by atoms with Gasteiger partial charge < -0.3 is 14.6 Å². The number of aliphatic hydroxyl groups excluding tert-OH is 1. The van der Waals surface area contributed by atoms with Gasteiger partial charge in [-0.05, 0) is 6.42 Å². The van der Waals surface area contributed by atoms with Crippen LogP contribution in [0.2, 0.25) is 0 Å². The lowest BCUT2D eigenvalue weighted by Crippen LogP contribution is -2.29. The normalized spacial score (nSPS) is 11.4. The number of ether oxygens (including phenoxy) is 2. The van der Waals surface area contributed by atoms with Gasteiger partial charge in [-0.25, -0.2) is 4.79 Å². The van der Waals surface area contributed by atoms with Crippen molar-refractivity contribution in [2.24, 2.45) is 0 Å². The van der Waals surface area contributed by atoms with Crippen LogP contribution >= 0.6 is 25.3 Å². The molecule has 0 aliphatic rings. The summed E-state index contributed by atoms with van der Waals surface area (Å²) in [5, 5.41) is 8.38. The Kier molecular flexibility index (Phi) is 7.44. The molecular weight excluding hydrogens is 224 g/mol. The fourth-order valence-electron chi connectivity index (χ4n) is 0.620. The van der Waals surface area contributed by atoms with E-state index < -0.39 is 10.0 Å². The van der Waals surface area contributed by atoms with Crippen LogP contribution in [-0.2, 0) is 14.3 Å². The zero-order chi connectivity index (χ0) is 11.0. The van der Waals surface area contributed by atoms with Crippen LogP contribution in [0.4, 0.5) is 0 Å². The second-order valence-electron chi connectivity index (χ2n) is 2.64. The second kappa shape index (κ2) is 7.39. The largest absolute Gasteiger partial charge is 0.462 e. The van der Waals surface area contributed by atoms with E-state index in [2.05, 4.69) is 25.3 Å². The Morgan fingerprint density at radius 3 is 2.50 bits per heavy atom. The summed E-state index contributed by atoms with van der Waals surface area (Å²) in [5.41, 5.74) is 0. The third-order valence-corrected chi connectivity index (χ3v) is 2.51. The highest BCUT2D eigenvalue weighted by Crippen LogP contribution is 2.24. The molecule has 0 aliphatic heterocycles. The molecule has 0 amide bonds. The molecule has 0 aliphatic carbocycles. The molecule has 0 aromatic heterocycles. The van der Waals surface area contributed by atoms with E-state index >= 15 is 0 Å². The third kappa shape index (κ3) is 5.74. The molecule has 0 saturated heterocycles. The number of esters is 1. The summed E-state index contributed by atoms with van der Waals surface area (Å²) in [4.78, 5) is 11.2. The lowest BCUT2D eigenvalue weighted by molar-refractivity contribution is -0.145. The SMILES string of the molecule is CCC(S)(S)C(=O)OCCOCCO. The molecule has 0 bridgehead atoms. The maximum atomic E-state index is 11.2. The van der Waals surface area contributed by atoms with Gasteiger partial charge in [0.2, 0.25) is 0 Å². The van der Waals surface area contributed by atoms with E-state index in [1.807, 2.05) is 0 Å². The first-order valence-electron chi connectivity index (χ1n) is 4.35. The Balaban J connectivity index is 3.54. The summed E-state index contributed by atoms with van der Waals surface area (Å²) in [6, 6.07) is 0. The van der Waals surface area contributed by atoms with E-state index in [0.29, 0.717) is 6.42 Å². The second-order valence-corrected chi connectivity index (χ2v) is 4.52. The minimum Gasteiger partial charge on any atom is -0.462 e. The summed E-state index contributed by atoms with van der Waals surface area (Å²) in [6.07, 6.45) is 0.482. The Morgan fingerprint density at radius 2 is 2.00 bits per heavy atom. The number of carbonyl (C=O) groups is 1. The van der Waals surface area contributed by atoms with Crippen molar-refractivity contribution < 1.29 is 19.4 Å². The molecule has 1 N–H and O–H groups in total. The number of carbonyl (C=O) groups excluding carboxylic acids is 1. The van der Waals surface area contributed by atoms with Gasteiger partial charge in [-0.3, -0.25) is 0 Å². The monoisotopic (exact) mass is 240 g/mol. The van der Waals surface area contributed by atoms with Crippen LogP contribution in [0, 0.1) is 0 Å². The van der Waals surface area contributed by atoms with Gasteiger partial charge >= 0.3 is 5.97 Å². The maximum absolute atomic E-state index is 11.2. The van der Waals surface area contributed by atoms with E-state index in [1.54, 1.807) is 6.92 Å². The lowest BCUT2D eigenvalue weighted by atomic mass is 10.3. The van der Waals surface area contributed by atoms with Crippen molar-refractivity contribution in [3.05, 3.63) is 0 Å². The van der Waals surface area contributed by atoms with Crippen LogP contribution in [0.5, 0.6) is 0 Å².